The third-order valence-corrected chi connectivity index (χ3v) is 2.74. The van der Waals surface area contributed by atoms with Crippen LogP contribution in [0.1, 0.15) is 24.1 Å². The number of likely N-dealkylation sites (N-methyl/N-ethyl adjacent to an activating group) is 1. The molecule has 0 saturated carbocycles. The van der Waals surface area contributed by atoms with Crippen LogP contribution < -0.4 is 5.32 Å². The second-order valence-electron chi connectivity index (χ2n) is 4.00. The van der Waals surface area contributed by atoms with Gasteiger partial charge in [0.25, 0.3) is 0 Å². The molecule has 1 unspecified atom stereocenters. The van der Waals surface area contributed by atoms with Gasteiger partial charge in [-0.1, -0.05) is 19.1 Å². The smallest absolute Gasteiger partial charge is 0.123 e. The van der Waals surface area contributed by atoms with Gasteiger partial charge < -0.3 is 9.73 Å². The first kappa shape index (κ1) is 11.9. The van der Waals surface area contributed by atoms with Gasteiger partial charge in [-0.3, -0.25) is 0 Å². The number of hydrogen-bond donors (Lipinski definition) is 1. The first-order chi connectivity index (χ1) is 8.29. The van der Waals surface area contributed by atoms with Crippen LogP contribution in [-0.2, 0) is 6.42 Å². The molecule has 0 spiro atoms. The molecule has 0 amide bonds. The lowest BCUT2D eigenvalue weighted by Gasteiger charge is -2.17. The number of rotatable bonds is 5. The van der Waals surface area contributed by atoms with Gasteiger partial charge in [0.2, 0.25) is 0 Å². The third kappa shape index (κ3) is 3.17. The number of benzene rings is 1. The maximum Gasteiger partial charge on any atom is 0.123 e. The molecule has 0 aliphatic heterocycles. The number of furan rings is 1. The summed E-state index contributed by atoms with van der Waals surface area (Å²) in [5.41, 5.74) is 2.23. The van der Waals surface area contributed by atoms with E-state index in [9.17, 15) is 4.39 Å². The van der Waals surface area contributed by atoms with Crippen molar-refractivity contribution < 1.29 is 8.81 Å². The summed E-state index contributed by atoms with van der Waals surface area (Å²) in [6, 6.07) is 8.78. The topological polar surface area (TPSA) is 25.2 Å². The fourth-order valence-corrected chi connectivity index (χ4v) is 1.89. The minimum absolute atomic E-state index is 0.193. The zero-order valence-corrected chi connectivity index (χ0v) is 9.82. The van der Waals surface area contributed by atoms with Gasteiger partial charge in [0.1, 0.15) is 5.82 Å². The Morgan fingerprint density at radius 3 is 2.59 bits per heavy atom. The molecular weight excluding hydrogens is 217 g/mol. The first-order valence-corrected chi connectivity index (χ1v) is 5.79. The normalized spacial score (nSPS) is 12.6. The van der Waals surface area contributed by atoms with Crippen LogP contribution in [0.3, 0.4) is 0 Å². The lowest BCUT2D eigenvalue weighted by atomic mass is 10.0. The lowest BCUT2D eigenvalue weighted by molar-refractivity contribution is 0.533. The maximum atomic E-state index is 12.9. The van der Waals surface area contributed by atoms with Crippen molar-refractivity contribution >= 4 is 0 Å². The molecule has 1 atom stereocenters. The standard InChI is InChI=1S/C14H16FNO/c1-2-16-14(9-11-7-8-17-10-11)12-3-5-13(15)6-4-12/h3-8,10,14,16H,2,9H2,1H3. The molecule has 0 radical (unpaired) electrons. The molecular formula is C14H16FNO. The summed E-state index contributed by atoms with van der Waals surface area (Å²) in [6.07, 6.45) is 4.26. The zero-order chi connectivity index (χ0) is 12.1. The van der Waals surface area contributed by atoms with Crippen LogP contribution in [0, 0.1) is 5.82 Å². The lowest BCUT2D eigenvalue weighted by Crippen LogP contribution is -2.22. The van der Waals surface area contributed by atoms with E-state index in [1.54, 1.807) is 12.5 Å². The third-order valence-electron chi connectivity index (χ3n) is 2.74. The first-order valence-electron chi connectivity index (χ1n) is 5.79. The summed E-state index contributed by atoms with van der Waals surface area (Å²) in [5.74, 6) is -0.202. The Balaban J connectivity index is 2.13. The molecule has 1 heterocycles. The van der Waals surface area contributed by atoms with Gasteiger partial charge in [0.05, 0.1) is 12.5 Å². The molecule has 0 fully saturated rings. The van der Waals surface area contributed by atoms with Crippen molar-refractivity contribution in [1.82, 2.24) is 5.32 Å². The van der Waals surface area contributed by atoms with Crippen LogP contribution in [-0.4, -0.2) is 6.54 Å². The predicted octanol–water partition coefficient (Wildman–Crippen LogP) is 3.31. The highest BCUT2D eigenvalue weighted by molar-refractivity contribution is 5.22. The van der Waals surface area contributed by atoms with Crippen molar-refractivity contribution in [3.63, 3.8) is 0 Å². The fraction of sp³-hybridized carbons (Fsp3) is 0.286. The molecule has 2 nitrogen and oxygen atoms in total. The van der Waals surface area contributed by atoms with Gasteiger partial charge in [0.15, 0.2) is 0 Å². The van der Waals surface area contributed by atoms with Gasteiger partial charge in [-0.05, 0) is 42.3 Å². The summed E-state index contributed by atoms with van der Waals surface area (Å²) >= 11 is 0. The predicted molar refractivity (Wildman–Crippen MR) is 65.2 cm³/mol. The molecule has 1 aromatic carbocycles. The molecule has 90 valence electrons. The number of nitrogens with one attached hydrogen (secondary N) is 1. The Kier molecular flexibility index (Phi) is 3.94. The number of hydrogen-bond acceptors (Lipinski definition) is 2. The Morgan fingerprint density at radius 2 is 2.00 bits per heavy atom. The van der Waals surface area contributed by atoms with Crippen molar-refractivity contribution in [2.24, 2.45) is 0 Å². The molecule has 1 aromatic heterocycles. The van der Waals surface area contributed by atoms with E-state index in [1.165, 1.54) is 12.1 Å². The second kappa shape index (κ2) is 5.64. The quantitative estimate of drug-likeness (QED) is 0.857. The fourth-order valence-electron chi connectivity index (χ4n) is 1.89. The van der Waals surface area contributed by atoms with E-state index in [2.05, 4.69) is 12.2 Å². The van der Waals surface area contributed by atoms with Gasteiger partial charge in [-0.25, -0.2) is 4.39 Å². The highest BCUT2D eigenvalue weighted by Gasteiger charge is 2.11. The van der Waals surface area contributed by atoms with Crippen LogP contribution in [0.5, 0.6) is 0 Å². The Labute approximate surface area is 100 Å². The second-order valence-corrected chi connectivity index (χ2v) is 4.00. The summed E-state index contributed by atoms with van der Waals surface area (Å²) in [7, 11) is 0. The Morgan fingerprint density at radius 1 is 1.24 bits per heavy atom. The van der Waals surface area contributed by atoms with E-state index in [0.29, 0.717) is 0 Å². The Bertz CT molecular complexity index is 436. The summed E-state index contributed by atoms with van der Waals surface area (Å²) < 4.78 is 17.9. The van der Waals surface area contributed by atoms with Crippen LogP contribution in [0.25, 0.3) is 0 Å². The van der Waals surface area contributed by atoms with Crippen molar-refractivity contribution in [2.45, 2.75) is 19.4 Å². The molecule has 2 aromatic rings. The van der Waals surface area contributed by atoms with Crippen molar-refractivity contribution in [3.8, 4) is 0 Å². The van der Waals surface area contributed by atoms with E-state index in [0.717, 1.165) is 24.1 Å². The monoisotopic (exact) mass is 233 g/mol. The molecule has 0 bridgehead atoms. The molecule has 3 heteroatoms. The molecule has 0 saturated heterocycles. The molecule has 2 rings (SSSR count). The molecule has 1 N–H and O–H groups in total. The minimum atomic E-state index is -0.202. The maximum absolute atomic E-state index is 12.9. The van der Waals surface area contributed by atoms with E-state index in [4.69, 9.17) is 4.42 Å². The van der Waals surface area contributed by atoms with Crippen LogP contribution >= 0.6 is 0 Å². The largest absolute Gasteiger partial charge is 0.472 e. The van der Waals surface area contributed by atoms with Gasteiger partial charge >= 0.3 is 0 Å². The highest BCUT2D eigenvalue weighted by atomic mass is 19.1. The van der Waals surface area contributed by atoms with Crippen LogP contribution in [0.15, 0.2) is 47.3 Å². The van der Waals surface area contributed by atoms with Gasteiger partial charge in [0, 0.05) is 6.04 Å². The van der Waals surface area contributed by atoms with E-state index >= 15 is 0 Å². The summed E-state index contributed by atoms with van der Waals surface area (Å²) in [6.45, 7) is 2.94. The Hall–Kier alpha value is -1.61. The number of halogens is 1. The van der Waals surface area contributed by atoms with Crippen molar-refractivity contribution in [1.29, 1.82) is 0 Å². The van der Waals surface area contributed by atoms with E-state index in [-0.39, 0.29) is 11.9 Å². The highest BCUT2D eigenvalue weighted by Crippen LogP contribution is 2.19. The summed E-state index contributed by atoms with van der Waals surface area (Å²) in [4.78, 5) is 0. The minimum Gasteiger partial charge on any atom is -0.472 e. The van der Waals surface area contributed by atoms with Crippen LogP contribution in [0.2, 0.25) is 0 Å². The molecule has 0 aliphatic rings. The zero-order valence-electron chi connectivity index (χ0n) is 9.82. The van der Waals surface area contributed by atoms with Crippen LogP contribution in [0.4, 0.5) is 4.39 Å². The van der Waals surface area contributed by atoms with E-state index < -0.39 is 0 Å². The van der Waals surface area contributed by atoms with Gasteiger partial charge in [-0.15, -0.1) is 0 Å². The average molecular weight is 233 g/mol. The van der Waals surface area contributed by atoms with Crippen molar-refractivity contribution in [2.75, 3.05) is 6.54 Å². The molecule has 17 heavy (non-hydrogen) atoms. The van der Waals surface area contributed by atoms with Crippen molar-refractivity contribution in [3.05, 3.63) is 59.8 Å². The average Bonchev–Trinajstić information content (AvgIpc) is 2.82. The van der Waals surface area contributed by atoms with E-state index in [1.807, 2.05) is 18.2 Å². The summed E-state index contributed by atoms with van der Waals surface area (Å²) in [5, 5.41) is 3.39. The molecule has 0 aliphatic carbocycles. The van der Waals surface area contributed by atoms with Gasteiger partial charge in [-0.2, -0.15) is 0 Å². The SMILES string of the molecule is CCNC(Cc1ccoc1)c1ccc(F)cc1.